The highest BCUT2D eigenvalue weighted by Gasteiger charge is 2.28. The van der Waals surface area contributed by atoms with Crippen molar-refractivity contribution in [2.75, 3.05) is 18.0 Å². The fourth-order valence-corrected chi connectivity index (χ4v) is 3.66. The zero-order valence-electron chi connectivity index (χ0n) is 11.3. The number of nitrogens with one attached hydrogen (secondary N) is 1. The van der Waals surface area contributed by atoms with Crippen LogP contribution in [0.4, 0.5) is 5.69 Å². The van der Waals surface area contributed by atoms with Gasteiger partial charge < -0.3 is 10.2 Å². The second-order valence-corrected chi connectivity index (χ2v) is 7.04. The third-order valence-electron chi connectivity index (χ3n) is 4.04. The molecule has 1 aliphatic carbocycles. The first-order chi connectivity index (χ1) is 9.13. The molecule has 2 fully saturated rings. The highest BCUT2D eigenvalue weighted by Crippen LogP contribution is 2.34. The van der Waals surface area contributed by atoms with E-state index in [1.165, 1.54) is 31.4 Å². The van der Waals surface area contributed by atoms with Crippen LogP contribution in [0.1, 0.15) is 31.2 Å². The zero-order chi connectivity index (χ0) is 13.4. The highest BCUT2D eigenvalue weighted by atomic mass is 79.9. The van der Waals surface area contributed by atoms with Gasteiger partial charge in [-0.2, -0.15) is 0 Å². The Kier molecular flexibility index (Phi) is 4.06. The van der Waals surface area contributed by atoms with Crippen LogP contribution in [0.15, 0.2) is 16.6 Å². The molecule has 1 N–H and O–H groups in total. The Morgan fingerprint density at radius 1 is 1.26 bits per heavy atom. The standard InChI is InChI=1S/C15H20BrClN2/c1-10-7-13(16)15(8-14(10)17)19-6-2-3-12(9-19)18-11-4-5-11/h7-8,11-12,18H,2-6,9H2,1H3. The van der Waals surface area contributed by atoms with Crippen molar-refractivity contribution in [3.63, 3.8) is 0 Å². The number of nitrogens with zero attached hydrogens (tertiary/aromatic N) is 1. The molecule has 1 aliphatic heterocycles. The molecule has 0 aromatic heterocycles. The summed E-state index contributed by atoms with van der Waals surface area (Å²) in [4.78, 5) is 2.46. The molecule has 0 amide bonds. The fourth-order valence-electron chi connectivity index (χ4n) is 2.79. The molecule has 0 bridgehead atoms. The molecule has 1 atom stereocenters. The van der Waals surface area contributed by atoms with Gasteiger partial charge in [-0.25, -0.2) is 0 Å². The van der Waals surface area contributed by atoms with Crippen molar-refractivity contribution in [3.8, 4) is 0 Å². The van der Waals surface area contributed by atoms with Crippen molar-refractivity contribution < 1.29 is 0 Å². The van der Waals surface area contributed by atoms with Crippen LogP contribution in [0, 0.1) is 6.92 Å². The maximum Gasteiger partial charge on any atom is 0.0526 e. The largest absolute Gasteiger partial charge is 0.369 e. The molecule has 1 saturated carbocycles. The molecule has 104 valence electrons. The van der Waals surface area contributed by atoms with Gasteiger partial charge in [0.25, 0.3) is 0 Å². The van der Waals surface area contributed by atoms with Crippen LogP contribution >= 0.6 is 27.5 Å². The van der Waals surface area contributed by atoms with E-state index in [-0.39, 0.29) is 0 Å². The molecule has 19 heavy (non-hydrogen) atoms. The summed E-state index contributed by atoms with van der Waals surface area (Å²) < 4.78 is 1.15. The van der Waals surface area contributed by atoms with E-state index in [9.17, 15) is 0 Å². The first kappa shape index (κ1) is 13.7. The van der Waals surface area contributed by atoms with Gasteiger partial charge in [-0.1, -0.05) is 11.6 Å². The Morgan fingerprint density at radius 2 is 2.05 bits per heavy atom. The van der Waals surface area contributed by atoms with Crippen molar-refractivity contribution in [2.24, 2.45) is 0 Å². The number of aryl methyl sites for hydroxylation is 1. The molecule has 4 heteroatoms. The van der Waals surface area contributed by atoms with Crippen molar-refractivity contribution in [1.82, 2.24) is 5.32 Å². The average Bonchev–Trinajstić information content (AvgIpc) is 3.18. The van der Waals surface area contributed by atoms with E-state index in [1.54, 1.807) is 0 Å². The van der Waals surface area contributed by atoms with Crippen LogP contribution in [0.3, 0.4) is 0 Å². The lowest BCUT2D eigenvalue weighted by atomic mass is 10.0. The Hall–Kier alpha value is -0.250. The van der Waals surface area contributed by atoms with Crippen LogP contribution in [-0.2, 0) is 0 Å². The van der Waals surface area contributed by atoms with Gasteiger partial charge in [0.15, 0.2) is 0 Å². The highest BCUT2D eigenvalue weighted by molar-refractivity contribution is 9.10. The van der Waals surface area contributed by atoms with E-state index >= 15 is 0 Å². The smallest absolute Gasteiger partial charge is 0.0526 e. The third kappa shape index (κ3) is 3.26. The van der Waals surface area contributed by atoms with Gasteiger partial charge >= 0.3 is 0 Å². The molecule has 0 radical (unpaired) electrons. The maximum absolute atomic E-state index is 6.27. The topological polar surface area (TPSA) is 15.3 Å². The van der Waals surface area contributed by atoms with Crippen LogP contribution in [0.5, 0.6) is 0 Å². The van der Waals surface area contributed by atoms with Gasteiger partial charge in [0.1, 0.15) is 0 Å². The summed E-state index contributed by atoms with van der Waals surface area (Å²) in [6.07, 6.45) is 5.26. The summed E-state index contributed by atoms with van der Waals surface area (Å²) in [6, 6.07) is 5.64. The van der Waals surface area contributed by atoms with Gasteiger partial charge in [-0.05, 0) is 66.2 Å². The van der Waals surface area contributed by atoms with Crippen LogP contribution in [0.2, 0.25) is 5.02 Å². The SMILES string of the molecule is Cc1cc(Br)c(N2CCCC(NC3CC3)C2)cc1Cl. The molecule has 0 spiro atoms. The molecule has 1 aromatic rings. The van der Waals surface area contributed by atoms with Crippen molar-refractivity contribution >= 4 is 33.2 Å². The maximum atomic E-state index is 6.27. The second kappa shape index (κ2) is 5.63. The zero-order valence-corrected chi connectivity index (χ0v) is 13.6. The minimum atomic E-state index is 0.633. The number of piperidine rings is 1. The van der Waals surface area contributed by atoms with Gasteiger partial charge in [-0.3, -0.25) is 0 Å². The van der Waals surface area contributed by atoms with Gasteiger partial charge in [-0.15, -0.1) is 0 Å². The lowest BCUT2D eigenvalue weighted by Crippen LogP contribution is -2.46. The molecule has 1 unspecified atom stereocenters. The second-order valence-electron chi connectivity index (χ2n) is 5.78. The Morgan fingerprint density at radius 3 is 2.79 bits per heavy atom. The monoisotopic (exact) mass is 342 g/mol. The molecule has 1 saturated heterocycles. The summed E-state index contributed by atoms with van der Waals surface area (Å²) in [5.74, 6) is 0. The lowest BCUT2D eigenvalue weighted by Gasteiger charge is -2.35. The average molecular weight is 344 g/mol. The Labute approximate surface area is 128 Å². The first-order valence-corrected chi connectivity index (χ1v) is 8.27. The number of benzene rings is 1. The predicted molar refractivity (Wildman–Crippen MR) is 85.3 cm³/mol. The molecule has 3 rings (SSSR count). The van der Waals surface area contributed by atoms with Crippen LogP contribution < -0.4 is 10.2 Å². The summed E-state index contributed by atoms with van der Waals surface area (Å²) in [5.41, 5.74) is 2.36. The van der Waals surface area contributed by atoms with Gasteiger partial charge in [0.05, 0.1) is 5.69 Å². The minimum Gasteiger partial charge on any atom is -0.369 e. The summed E-state index contributed by atoms with van der Waals surface area (Å²) in [7, 11) is 0. The van der Waals surface area contributed by atoms with Gasteiger partial charge in [0, 0.05) is 34.7 Å². The number of hydrogen-bond acceptors (Lipinski definition) is 2. The third-order valence-corrected chi connectivity index (χ3v) is 5.08. The van der Waals surface area contributed by atoms with Crippen molar-refractivity contribution in [3.05, 3.63) is 27.2 Å². The summed E-state index contributed by atoms with van der Waals surface area (Å²) in [6.45, 7) is 4.26. The molecule has 1 aromatic carbocycles. The predicted octanol–water partition coefficient (Wildman–Crippen LogP) is 4.13. The van der Waals surface area contributed by atoms with Crippen molar-refractivity contribution in [1.29, 1.82) is 0 Å². The minimum absolute atomic E-state index is 0.633. The Balaban J connectivity index is 1.75. The molecular weight excluding hydrogens is 324 g/mol. The van der Waals surface area contributed by atoms with E-state index in [1.807, 2.05) is 6.92 Å². The molecule has 2 aliphatic rings. The normalized spacial score (nSPS) is 23.7. The van der Waals surface area contributed by atoms with E-state index in [4.69, 9.17) is 11.6 Å². The molecule has 2 nitrogen and oxygen atoms in total. The van der Waals surface area contributed by atoms with E-state index in [2.05, 4.69) is 38.3 Å². The van der Waals surface area contributed by atoms with E-state index in [0.29, 0.717) is 6.04 Å². The van der Waals surface area contributed by atoms with Gasteiger partial charge in [0.2, 0.25) is 0 Å². The van der Waals surface area contributed by atoms with Crippen LogP contribution in [-0.4, -0.2) is 25.2 Å². The molecule has 1 heterocycles. The van der Waals surface area contributed by atoms with E-state index in [0.717, 1.165) is 34.2 Å². The molecular formula is C15H20BrClN2. The summed E-state index contributed by atoms with van der Waals surface area (Å²) in [5, 5.41) is 4.60. The van der Waals surface area contributed by atoms with Crippen LogP contribution in [0.25, 0.3) is 0 Å². The lowest BCUT2D eigenvalue weighted by molar-refractivity contribution is 0.420. The number of anilines is 1. The number of hydrogen-bond donors (Lipinski definition) is 1. The quantitative estimate of drug-likeness (QED) is 0.887. The number of rotatable bonds is 3. The fraction of sp³-hybridized carbons (Fsp3) is 0.600. The summed E-state index contributed by atoms with van der Waals surface area (Å²) >= 11 is 9.95. The Bertz CT molecular complexity index is 473. The number of halogens is 2. The van der Waals surface area contributed by atoms with E-state index < -0.39 is 0 Å². The first-order valence-electron chi connectivity index (χ1n) is 7.10. The van der Waals surface area contributed by atoms with Crippen molar-refractivity contribution in [2.45, 2.75) is 44.7 Å².